The number of H-pyrrole nitrogens is 1. The third-order valence-corrected chi connectivity index (χ3v) is 6.87. The zero-order valence-electron chi connectivity index (χ0n) is 19.2. The minimum Gasteiger partial charge on any atom is -0.494 e. The van der Waals surface area contributed by atoms with Crippen LogP contribution in [0.3, 0.4) is 0 Å². The lowest BCUT2D eigenvalue weighted by molar-refractivity contribution is -0.141. The van der Waals surface area contributed by atoms with E-state index in [0.717, 1.165) is 25.7 Å². The van der Waals surface area contributed by atoms with Gasteiger partial charge in [-0.2, -0.15) is 0 Å². The number of rotatable bonds is 5. The highest BCUT2D eigenvalue weighted by Crippen LogP contribution is 2.34. The SMILES string of the molecule is COc1cnc(N2C=CNN2)c2[nH]cc(C(=O)C(=O)N3CCN(C(=O)C4CCCCC4)CC3)c12. The molecule has 0 bridgehead atoms. The van der Waals surface area contributed by atoms with Gasteiger partial charge in [0.15, 0.2) is 5.82 Å². The summed E-state index contributed by atoms with van der Waals surface area (Å²) < 4.78 is 5.44. The van der Waals surface area contributed by atoms with Crippen molar-refractivity contribution in [1.82, 2.24) is 30.7 Å². The Morgan fingerprint density at radius 3 is 2.47 bits per heavy atom. The summed E-state index contributed by atoms with van der Waals surface area (Å²) in [5.74, 6) is 0.0326. The molecule has 180 valence electrons. The number of aromatic amines is 1. The Bertz CT molecular complexity index is 1130. The zero-order chi connectivity index (χ0) is 23.7. The van der Waals surface area contributed by atoms with Crippen LogP contribution < -0.4 is 20.7 Å². The van der Waals surface area contributed by atoms with Gasteiger partial charge in [0.05, 0.1) is 29.8 Å². The second-order valence-electron chi connectivity index (χ2n) is 8.83. The molecule has 3 N–H and O–H groups in total. The lowest BCUT2D eigenvalue weighted by Gasteiger charge is -2.36. The van der Waals surface area contributed by atoms with E-state index in [9.17, 15) is 14.4 Å². The molecule has 3 aliphatic rings. The number of ketones is 1. The fourth-order valence-electron chi connectivity index (χ4n) is 5.00. The number of nitrogens with one attached hydrogen (secondary N) is 3. The van der Waals surface area contributed by atoms with Crippen molar-refractivity contribution in [2.45, 2.75) is 32.1 Å². The van der Waals surface area contributed by atoms with Gasteiger partial charge in [-0.05, 0) is 12.8 Å². The molecule has 1 aliphatic carbocycles. The summed E-state index contributed by atoms with van der Waals surface area (Å²) in [5, 5.41) is 2.15. The number of ether oxygens (including phenoxy) is 1. The van der Waals surface area contributed by atoms with Gasteiger partial charge in [0.1, 0.15) is 5.75 Å². The number of pyridine rings is 1. The topological polar surface area (TPSA) is 123 Å². The molecule has 0 aromatic carbocycles. The van der Waals surface area contributed by atoms with Gasteiger partial charge in [-0.15, -0.1) is 5.53 Å². The summed E-state index contributed by atoms with van der Waals surface area (Å²) in [6.07, 6.45) is 11.8. The Labute approximate surface area is 197 Å². The fraction of sp³-hybridized carbons (Fsp3) is 0.478. The highest BCUT2D eigenvalue weighted by atomic mass is 16.5. The summed E-state index contributed by atoms with van der Waals surface area (Å²) in [4.78, 5) is 50.1. The standard InChI is InChI=1S/C23H29N7O4/c1-34-17-14-25-21(30-8-7-26-27-30)19-18(17)16(13-24-19)20(31)23(33)29-11-9-28(10-12-29)22(32)15-5-3-2-4-6-15/h7-8,13-15,24,26-27H,2-6,9-12H2,1H3. The van der Waals surface area contributed by atoms with E-state index in [2.05, 4.69) is 20.9 Å². The van der Waals surface area contributed by atoms with Gasteiger partial charge in [0, 0.05) is 50.7 Å². The van der Waals surface area contributed by atoms with Crippen LogP contribution >= 0.6 is 0 Å². The number of piperazine rings is 1. The number of hydrogen-bond acceptors (Lipinski definition) is 8. The number of anilines is 1. The largest absolute Gasteiger partial charge is 0.494 e. The zero-order valence-corrected chi connectivity index (χ0v) is 19.2. The normalized spacial score (nSPS) is 18.9. The van der Waals surface area contributed by atoms with Gasteiger partial charge in [0.2, 0.25) is 5.91 Å². The van der Waals surface area contributed by atoms with Crippen molar-refractivity contribution in [3.05, 3.63) is 30.4 Å². The van der Waals surface area contributed by atoms with Crippen LogP contribution in [-0.4, -0.2) is 70.7 Å². The van der Waals surface area contributed by atoms with E-state index in [4.69, 9.17) is 4.74 Å². The van der Waals surface area contributed by atoms with Gasteiger partial charge in [-0.3, -0.25) is 14.4 Å². The molecular weight excluding hydrogens is 438 g/mol. The van der Waals surface area contributed by atoms with E-state index in [1.807, 2.05) is 4.90 Å². The number of aromatic nitrogens is 2. The molecule has 2 fully saturated rings. The summed E-state index contributed by atoms with van der Waals surface area (Å²) >= 11 is 0. The monoisotopic (exact) mass is 467 g/mol. The Morgan fingerprint density at radius 1 is 1.06 bits per heavy atom. The van der Waals surface area contributed by atoms with E-state index < -0.39 is 11.7 Å². The number of carbonyl (C=O) groups excluding carboxylic acids is 3. The molecule has 2 amide bonds. The maximum Gasteiger partial charge on any atom is 0.295 e. The van der Waals surface area contributed by atoms with Gasteiger partial charge in [-0.25, -0.2) is 9.99 Å². The van der Waals surface area contributed by atoms with E-state index >= 15 is 0 Å². The molecule has 4 heterocycles. The number of hydrazine groups is 2. The Balaban J connectivity index is 1.31. The lowest BCUT2D eigenvalue weighted by atomic mass is 9.88. The van der Waals surface area contributed by atoms with Crippen LogP contribution in [0.2, 0.25) is 0 Å². The Kier molecular flexibility index (Phi) is 6.10. The molecule has 1 saturated heterocycles. The van der Waals surface area contributed by atoms with Crippen molar-refractivity contribution in [2.75, 3.05) is 38.3 Å². The molecule has 0 unspecified atom stereocenters. The predicted octanol–water partition coefficient (Wildman–Crippen LogP) is 1.31. The third-order valence-electron chi connectivity index (χ3n) is 6.87. The molecule has 34 heavy (non-hydrogen) atoms. The van der Waals surface area contributed by atoms with Crippen LogP contribution in [0, 0.1) is 5.92 Å². The highest BCUT2D eigenvalue weighted by molar-refractivity contribution is 6.45. The first-order valence-corrected chi connectivity index (χ1v) is 11.7. The number of methoxy groups -OCH3 is 1. The lowest BCUT2D eigenvalue weighted by Crippen LogP contribution is -2.53. The summed E-state index contributed by atoms with van der Waals surface area (Å²) in [5.41, 5.74) is 6.55. The minimum atomic E-state index is -0.614. The Morgan fingerprint density at radius 2 is 1.79 bits per heavy atom. The van der Waals surface area contributed by atoms with Gasteiger partial charge < -0.3 is 24.9 Å². The molecule has 0 radical (unpaired) electrons. The van der Waals surface area contributed by atoms with Crippen LogP contribution in [0.1, 0.15) is 42.5 Å². The molecule has 11 heteroatoms. The number of nitrogens with zero attached hydrogens (tertiary/aromatic N) is 4. The maximum absolute atomic E-state index is 13.3. The average Bonchev–Trinajstić information content (AvgIpc) is 3.58. The van der Waals surface area contributed by atoms with E-state index in [1.54, 1.807) is 17.4 Å². The van der Waals surface area contributed by atoms with Crippen LogP contribution in [-0.2, 0) is 9.59 Å². The first-order valence-electron chi connectivity index (χ1n) is 11.7. The van der Waals surface area contributed by atoms with Crippen molar-refractivity contribution in [3.63, 3.8) is 0 Å². The van der Waals surface area contributed by atoms with Gasteiger partial charge in [-0.1, -0.05) is 19.3 Å². The fourth-order valence-corrected chi connectivity index (χ4v) is 5.00. The van der Waals surface area contributed by atoms with Crippen molar-refractivity contribution < 1.29 is 19.1 Å². The second kappa shape index (κ2) is 9.34. The van der Waals surface area contributed by atoms with Crippen molar-refractivity contribution in [1.29, 1.82) is 0 Å². The summed E-state index contributed by atoms with van der Waals surface area (Å²) in [7, 11) is 1.50. The number of fused-ring (bicyclic) bond motifs is 1. The molecular formula is C23H29N7O4. The molecule has 0 atom stereocenters. The number of carbonyl (C=O) groups is 3. The molecule has 2 aromatic heterocycles. The average molecular weight is 468 g/mol. The smallest absolute Gasteiger partial charge is 0.295 e. The Hall–Kier alpha value is -3.60. The van der Waals surface area contributed by atoms with Gasteiger partial charge in [0.25, 0.3) is 11.7 Å². The second-order valence-corrected chi connectivity index (χ2v) is 8.83. The predicted molar refractivity (Wildman–Crippen MR) is 125 cm³/mol. The van der Waals surface area contributed by atoms with E-state index in [0.29, 0.717) is 48.6 Å². The molecule has 5 rings (SSSR count). The number of Topliss-reactive ketones (excluding diaryl/α,β-unsaturated/α-hetero) is 1. The summed E-state index contributed by atoms with van der Waals surface area (Å²) in [6, 6.07) is 0. The molecule has 2 aliphatic heterocycles. The first kappa shape index (κ1) is 22.2. The van der Waals surface area contributed by atoms with Gasteiger partial charge >= 0.3 is 0 Å². The van der Waals surface area contributed by atoms with Crippen LogP contribution in [0.15, 0.2) is 24.8 Å². The third kappa shape index (κ3) is 3.96. The first-order chi connectivity index (χ1) is 16.6. The minimum absolute atomic E-state index is 0.106. The molecule has 2 aromatic rings. The highest BCUT2D eigenvalue weighted by Gasteiger charge is 2.33. The molecule has 0 spiro atoms. The number of hydrogen-bond donors (Lipinski definition) is 3. The molecule has 1 saturated carbocycles. The number of amides is 2. The van der Waals surface area contributed by atoms with E-state index in [1.165, 1.54) is 30.8 Å². The summed E-state index contributed by atoms with van der Waals surface area (Å²) in [6.45, 7) is 1.62. The van der Waals surface area contributed by atoms with Crippen molar-refractivity contribution in [2.24, 2.45) is 5.92 Å². The van der Waals surface area contributed by atoms with E-state index in [-0.39, 0.29) is 17.4 Å². The maximum atomic E-state index is 13.3. The quantitative estimate of drug-likeness (QED) is 0.444. The van der Waals surface area contributed by atoms with Crippen molar-refractivity contribution in [3.8, 4) is 5.75 Å². The van der Waals surface area contributed by atoms with Crippen LogP contribution in [0.5, 0.6) is 5.75 Å². The molecule has 11 nitrogen and oxygen atoms in total. The van der Waals surface area contributed by atoms with Crippen LogP contribution in [0.4, 0.5) is 5.82 Å². The van der Waals surface area contributed by atoms with Crippen molar-refractivity contribution >= 4 is 34.3 Å². The van der Waals surface area contributed by atoms with Crippen LogP contribution in [0.25, 0.3) is 10.9 Å².